The van der Waals surface area contributed by atoms with E-state index >= 15 is 0 Å². The number of aliphatic hydroxyl groups is 1. The number of hydrogen-bond acceptors (Lipinski definition) is 2. The van der Waals surface area contributed by atoms with Gasteiger partial charge in [-0.25, -0.2) is 0 Å². The molecule has 1 saturated heterocycles. The van der Waals surface area contributed by atoms with Crippen molar-refractivity contribution in [2.24, 2.45) is 5.41 Å². The van der Waals surface area contributed by atoms with Crippen molar-refractivity contribution in [2.45, 2.75) is 12.3 Å². The first kappa shape index (κ1) is 13.3. The number of hydrogen-bond donors (Lipinski definition) is 2. The van der Waals surface area contributed by atoms with Gasteiger partial charge in [-0.05, 0) is 17.5 Å². The summed E-state index contributed by atoms with van der Waals surface area (Å²) in [5, 5.41) is 13.5. The predicted octanol–water partition coefficient (Wildman–Crippen LogP) is 2.59. The summed E-state index contributed by atoms with van der Waals surface area (Å²) in [6, 6.07) is 21.0. The van der Waals surface area contributed by atoms with Crippen LogP contribution in [0.15, 0.2) is 60.7 Å². The smallest absolute Gasteiger partial charge is 0.0509 e. The van der Waals surface area contributed by atoms with E-state index in [1.165, 1.54) is 11.1 Å². The van der Waals surface area contributed by atoms with Crippen molar-refractivity contribution < 1.29 is 5.11 Å². The molecule has 2 atom stereocenters. The molecule has 0 aromatic heterocycles. The Morgan fingerprint density at radius 1 is 1.00 bits per heavy atom. The third-order valence-corrected chi connectivity index (χ3v) is 4.48. The zero-order chi connectivity index (χ0) is 13.8. The molecule has 2 unspecified atom stereocenters. The lowest BCUT2D eigenvalue weighted by molar-refractivity contribution is 0.126. The van der Waals surface area contributed by atoms with Gasteiger partial charge in [0.05, 0.1) is 6.61 Å². The van der Waals surface area contributed by atoms with Crippen molar-refractivity contribution in [1.82, 2.24) is 5.32 Å². The van der Waals surface area contributed by atoms with Crippen molar-refractivity contribution in [3.8, 4) is 0 Å². The van der Waals surface area contributed by atoms with Crippen LogP contribution in [0.2, 0.25) is 0 Å². The summed E-state index contributed by atoms with van der Waals surface area (Å²) in [5.74, 6) is 0.369. The SMILES string of the molecule is OCC1(Cc2ccccc2)CNCC1c1ccccc1. The molecule has 0 radical (unpaired) electrons. The summed E-state index contributed by atoms with van der Waals surface area (Å²) in [5.41, 5.74) is 2.52. The molecular formula is C18H21NO. The third-order valence-electron chi connectivity index (χ3n) is 4.48. The molecule has 1 fully saturated rings. The quantitative estimate of drug-likeness (QED) is 0.892. The van der Waals surface area contributed by atoms with Gasteiger partial charge in [0, 0.05) is 24.4 Å². The van der Waals surface area contributed by atoms with E-state index in [1.54, 1.807) is 0 Å². The van der Waals surface area contributed by atoms with Gasteiger partial charge in [0.25, 0.3) is 0 Å². The third kappa shape index (κ3) is 2.49. The van der Waals surface area contributed by atoms with Crippen LogP contribution in [0.1, 0.15) is 17.0 Å². The van der Waals surface area contributed by atoms with Crippen molar-refractivity contribution in [1.29, 1.82) is 0 Å². The monoisotopic (exact) mass is 267 g/mol. The van der Waals surface area contributed by atoms with E-state index in [1.807, 2.05) is 12.1 Å². The van der Waals surface area contributed by atoms with Gasteiger partial charge in [-0.2, -0.15) is 0 Å². The maximum atomic E-state index is 10.1. The van der Waals surface area contributed by atoms with Gasteiger partial charge in [-0.3, -0.25) is 0 Å². The molecule has 0 bridgehead atoms. The Morgan fingerprint density at radius 2 is 1.65 bits per heavy atom. The normalized spacial score (nSPS) is 25.8. The highest BCUT2D eigenvalue weighted by Crippen LogP contribution is 2.41. The highest BCUT2D eigenvalue weighted by atomic mass is 16.3. The molecule has 1 aliphatic rings. The fourth-order valence-electron chi connectivity index (χ4n) is 3.37. The van der Waals surface area contributed by atoms with Crippen molar-refractivity contribution in [3.05, 3.63) is 71.8 Å². The van der Waals surface area contributed by atoms with Gasteiger partial charge in [0.2, 0.25) is 0 Å². The van der Waals surface area contributed by atoms with E-state index in [-0.39, 0.29) is 12.0 Å². The largest absolute Gasteiger partial charge is 0.396 e. The molecule has 0 aliphatic carbocycles. The van der Waals surface area contributed by atoms with E-state index in [0.717, 1.165) is 19.5 Å². The van der Waals surface area contributed by atoms with E-state index in [0.29, 0.717) is 5.92 Å². The summed E-state index contributed by atoms with van der Waals surface area (Å²) in [6.45, 7) is 2.03. The van der Waals surface area contributed by atoms with Crippen LogP contribution in [0.3, 0.4) is 0 Å². The lowest BCUT2D eigenvalue weighted by atomic mass is 9.71. The first-order chi connectivity index (χ1) is 9.84. The molecule has 104 valence electrons. The standard InChI is InChI=1S/C18H21NO/c20-14-18(11-15-7-3-1-4-8-15)13-19-12-17(18)16-9-5-2-6-10-16/h1-10,17,19-20H,11-14H2. The minimum atomic E-state index is -0.0945. The molecule has 1 heterocycles. The number of benzene rings is 2. The van der Waals surface area contributed by atoms with E-state index in [2.05, 4.69) is 53.8 Å². The van der Waals surface area contributed by atoms with Gasteiger partial charge in [-0.15, -0.1) is 0 Å². The second kappa shape index (κ2) is 5.78. The molecule has 2 heteroatoms. The van der Waals surface area contributed by atoms with Crippen LogP contribution >= 0.6 is 0 Å². The Balaban J connectivity index is 1.90. The summed E-state index contributed by atoms with van der Waals surface area (Å²) in [4.78, 5) is 0. The Bertz CT molecular complexity index is 540. The minimum Gasteiger partial charge on any atom is -0.396 e. The Kier molecular flexibility index (Phi) is 3.86. The maximum Gasteiger partial charge on any atom is 0.0509 e. The minimum absolute atomic E-state index is 0.0945. The van der Waals surface area contributed by atoms with Crippen LogP contribution in [0.5, 0.6) is 0 Å². The van der Waals surface area contributed by atoms with Gasteiger partial charge in [-0.1, -0.05) is 60.7 Å². The molecule has 2 nitrogen and oxygen atoms in total. The van der Waals surface area contributed by atoms with Gasteiger partial charge >= 0.3 is 0 Å². The summed E-state index contributed by atoms with van der Waals surface area (Å²) in [6.07, 6.45) is 0.914. The first-order valence-electron chi connectivity index (χ1n) is 7.24. The molecule has 2 aromatic carbocycles. The summed E-state index contributed by atoms with van der Waals surface area (Å²) < 4.78 is 0. The van der Waals surface area contributed by atoms with E-state index in [4.69, 9.17) is 0 Å². The molecule has 3 rings (SSSR count). The molecule has 0 spiro atoms. The summed E-state index contributed by atoms with van der Waals surface area (Å²) >= 11 is 0. The van der Waals surface area contributed by atoms with Gasteiger partial charge in [0.15, 0.2) is 0 Å². The lowest BCUT2D eigenvalue weighted by Gasteiger charge is -2.33. The maximum absolute atomic E-state index is 10.1. The number of nitrogens with one attached hydrogen (secondary N) is 1. The highest BCUT2D eigenvalue weighted by molar-refractivity contribution is 5.27. The zero-order valence-corrected chi connectivity index (χ0v) is 11.6. The fraction of sp³-hybridized carbons (Fsp3) is 0.333. The molecule has 1 aliphatic heterocycles. The van der Waals surface area contributed by atoms with Crippen LogP contribution in [-0.4, -0.2) is 24.8 Å². The second-order valence-electron chi connectivity index (χ2n) is 5.78. The molecule has 20 heavy (non-hydrogen) atoms. The molecule has 0 saturated carbocycles. The average Bonchev–Trinajstić information content (AvgIpc) is 2.93. The average molecular weight is 267 g/mol. The molecule has 2 aromatic rings. The first-order valence-corrected chi connectivity index (χ1v) is 7.24. The fourth-order valence-corrected chi connectivity index (χ4v) is 3.37. The van der Waals surface area contributed by atoms with Crippen LogP contribution in [-0.2, 0) is 6.42 Å². The van der Waals surface area contributed by atoms with Gasteiger partial charge in [0.1, 0.15) is 0 Å². The summed E-state index contributed by atoms with van der Waals surface area (Å²) in [7, 11) is 0. The number of rotatable bonds is 4. The lowest BCUT2D eigenvalue weighted by Crippen LogP contribution is -2.35. The Morgan fingerprint density at radius 3 is 2.30 bits per heavy atom. The van der Waals surface area contributed by atoms with E-state index < -0.39 is 0 Å². The van der Waals surface area contributed by atoms with Crippen LogP contribution in [0, 0.1) is 5.41 Å². The molecule has 0 amide bonds. The molecular weight excluding hydrogens is 246 g/mol. The Labute approximate surface area is 120 Å². The van der Waals surface area contributed by atoms with Gasteiger partial charge < -0.3 is 10.4 Å². The van der Waals surface area contributed by atoms with Crippen molar-refractivity contribution in [3.63, 3.8) is 0 Å². The predicted molar refractivity (Wildman–Crippen MR) is 81.7 cm³/mol. The van der Waals surface area contributed by atoms with Crippen LogP contribution in [0.4, 0.5) is 0 Å². The molecule has 2 N–H and O–H groups in total. The highest BCUT2D eigenvalue weighted by Gasteiger charge is 2.43. The van der Waals surface area contributed by atoms with Crippen LogP contribution in [0.25, 0.3) is 0 Å². The van der Waals surface area contributed by atoms with Crippen molar-refractivity contribution >= 4 is 0 Å². The van der Waals surface area contributed by atoms with Crippen LogP contribution < -0.4 is 5.32 Å². The number of aliphatic hydroxyl groups excluding tert-OH is 1. The second-order valence-corrected chi connectivity index (χ2v) is 5.78. The topological polar surface area (TPSA) is 32.3 Å². The van der Waals surface area contributed by atoms with Crippen molar-refractivity contribution in [2.75, 3.05) is 19.7 Å². The Hall–Kier alpha value is -1.64. The zero-order valence-electron chi connectivity index (χ0n) is 11.6. The van der Waals surface area contributed by atoms with E-state index in [9.17, 15) is 5.11 Å².